The summed E-state index contributed by atoms with van der Waals surface area (Å²) in [6.07, 6.45) is 0.167. The lowest BCUT2D eigenvalue weighted by molar-refractivity contribution is -0.138. The van der Waals surface area contributed by atoms with E-state index in [2.05, 4.69) is 16.8 Å². The van der Waals surface area contributed by atoms with E-state index in [0.29, 0.717) is 17.2 Å². The number of aliphatic hydroxyl groups is 1. The molecule has 10 heteroatoms. The predicted octanol–water partition coefficient (Wildman–Crippen LogP) is 6.80. The van der Waals surface area contributed by atoms with Gasteiger partial charge in [0.05, 0.1) is 16.2 Å². The van der Waals surface area contributed by atoms with Crippen molar-refractivity contribution in [3.8, 4) is 5.75 Å². The van der Waals surface area contributed by atoms with Crippen molar-refractivity contribution in [2.24, 2.45) is 5.92 Å². The Morgan fingerprint density at radius 3 is 2.43 bits per heavy atom. The van der Waals surface area contributed by atoms with Crippen LogP contribution in [0.3, 0.4) is 0 Å². The summed E-state index contributed by atoms with van der Waals surface area (Å²) in [5.41, 5.74) is -0.869. The molecule has 1 saturated heterocycles. The molecule has 208 valence electrons. The molecule has 2 aromatic carbocycles. The molecule has 2 aromatic rings. The molecule has 1 saturated carbocycles. The first-order chi connectivity index (χ1) is 16.7. The van der Waals surface area contributed by atoms with E-state index >= 15 is 0 Å². The lowest BCUT2D eigenvalue weighted by Crippen LogP contribution is -2.46. The number of alkyl halides is 3. The molecule has 0 radical (unpaired) electrons. The highest BCUT2D eigenvalue weighted by Gasteiger charge is 2.40. The van der Waals surface area contributed by atoms with E-state index in [-0.39, 0.29) is 42.9 Å². The highest BCUT2D eigenvalue weighted by Crippen LogP contribution is 2.45. The quantitative estimate of drug-likeness (QED) is 0.389. The number of benzene rings is 2. The van der Waals surface area contributed by atoms with Gasteiger partial charge >= 0.3 is 6.18 Å². The molecule has 4 nitrogen and oxygen atoms in total. The van der Waals surface area contributed by atoms with Gasteiger partial charge in [-0.05, 0) is 62.5 Å². The van der Waals surface area contributed by atoms with E-state index in [9.17, 15) is 18.3 Å². The van der Waals surface area contributed by atoms with Crippen molar-refractivity contribution < 1.29 is 23.0 Å². The Bertz CT molecular complexity index is 1000. The Labute approximate surface area is 234 Å². The van der Waals surface area contributed by atoms with Crippen molar-refractivity contribution in [2.45, 2.75) is 50.5 Å². The SMILES string of the molecule is CN1CCN(CCC2CCCCC2(O)c2ccc(OCc3ccccc3C(F)(F)F)c(Cl)c2)CC1.Cl.Cl. The highest BCUT2D eigenvalue weighted by molar-refractivity contribution is 6.32. The molecule has 2 unspecified atom stereocenters. The lowest BCUT2D eigenvalue weighted by Gasteiger charge is -2.42. The number of likely N-dealkylation sites (N-methyl/N-ethyl adjacent to an activating group) is 1. The molecule has 0 amide bonds. The Balaban J connectivity index is 0.00000241. The summed E-state index contributed by atoms with van der Waals surface area (Å²) in [6, 6.07) is 10.6. The fourth-order valence-electron chi connectivity index (χ4n) is 5.37. The smallest absolute Gasteiger partial charge is 0.416 e. The van der Waals surface area contributed by atoms with Crippen molar-refractivity contribution in [2.75, 3.05) is 39.8 Å². The Hall–Kier alpha value is -1.22. The highest BCUT2D eigenvalue weighted by atomic mass is 35.5. The number of rotatable bonds is 7. The van der Waals surface area contributed by atoms with Crippen LogP contribution in [0, 0.1) is 5.92 Å². The summed E-state index contributed by atoms with van der Waals surface area (Å²) in [5.74, 6) is 0.443. The van der Waals surface area contributed by atoms with Crippen LogP contribution in [0.5, 0.6) is 5.75 Å². The second kappa shape index (κ2) is 13.7. The van der Waals surface area contributed by atoms with Crippen LogP contribution in [-0.4, -0.2) is 54.7 Å². The van der Waals surface area contributed by atoms with Gasteiger partial charge in [-0.1, -0.05) is 48.7 Å². The molecule has 2 atom stereocenters. The van der Waals surface area contributed by atoms with E-state index in [1.807, 2.05) is 6.07 Å². The number of ether oxygens (including phenoxy) is 1. The Kier molecular flexibility index (Phi) is 11.9. The zero-order chi connectivity index (χ0) is 25.1. The summed E-state index contributed by atoms with van der Waals surface area (Å²) >= 11 is 6.50. The Morgan fingerprint density at radius 2 is 1.76 bits per heavy atom. The summed E-state index contributed by atoms with van der Waals surface area (Å²) in [5, 5.41) is 12.1. The number of nitrogens with zero attached hydrogens (tertiary/aromatic N) is 2. The van der Waals surface area contributed by atoms with E-state index in [0.717, 1.165) is 70.0 Å². The zero-order valence-corrected chi connectivity index (χ0v) is 23.4. The molecule has 1 N–H and O–H groups in total. The van der Waals surface area contributed by atoms with Gasteiger partial charge in [0.25, 0.3) is 0 Å². The predicted molar refractivity (Wildman–Crippen MR) is 146 cm³/mol. The molecule has 0 bridgehead atoms. The van der Waals surface area contributed by atoms with Gasteiger partial charge in [-0.3, -0.25) is 0 Å². The third-order valence-electron chi connectivity index (χ3n) is 7.56. The summed E-state index contributed by atoms with van der Waals surface area (Å²) in [7, 11) is 2.14. The summed E-state index contributed by atoms with van der Waals surface area (Å²) in [4.78, 5) is 4.80. The van der Waals surface area contributed by atoms with Gasteiger partial charge in [-0.25, -0.2) is 0 Å². The number of hydrogen-bond donors (Lipinski definition) is 1. The largest absolute Gasteiger partial charge is 0.487 e. The van der Waals surface area contributed by atoms with Crippen molar-refractivity contribution in [1.29, 1.82) is 0 Å². The number of halogens is 6. The molecule has 1 aliphatic heterocycles. The maximum atomic E-state index is 13.3. The van der Waals surface area contributed by atoms with Crippen LogP contribution in [0.2, 0.25) is 5.02 Å². The minimum Gasteiger partial charge on any atom is -0.487 e. The van der Waals surface area contributed by atoms with Crippen LogP contribution in [-0.2, 0) is 18.4 Å². The van der Waals surface area contributed by atoms with Gasteiger partial charge < -0.3 is 19.6 Å². The maximum absolute atomic E-state index is 13.3. The van der Waals surface area contributed by atoms with Crippen LogP contribution in [0.25, 0.3) is 0 Å². The van der Waals surface area contributed by atoms with Gasteiger partial charge in [0.1, 0.15) is 12.4 Å². The number of piperazine rings is 1. The summed E-state index contributed by atoms with van der Waals surface area (Å²) < 4.78 is 45.5. The molecule has 4 rings (SSSR count). The van der Waals surface area contributed by atoms with Gasteiger partial charge in [-0.2, -0.15) is 13.2 Å². The fourth-order valence-corrected chi connectivity index (χ4v) is 5.60. The maximum Gasteiger partial charge on any atom is 0.416 e. The molecule has 0 aromatic heterocycles. The molecule has 2 fully saturated rings. The van der Waals surface area contributed by atoms with Gasteiger partial charge in [0.15, 0.2) is 0 Å². The van der Waals surface area contributed by atoms with E-state index in [1.54, 1.807) is 18.2 Å². The van der Waals surface area contributed by atoms with E-state index in [4.69, 9.17) is 16.3 Å². The van der Waals surface area contributed by atoms with Crippen molar-refractivity contribution in [1.82, 2.24) is 9.80 Å². The van der Waals surface area contributed by atoms with Crippen LogP contribution >= 0.6 is 36.4 Å². The molecule has 0 spiro atoms. The standard InChI is InChI=1S/C27H34ClF3N2O2.2ClH/c1-32-14-16-33(17-15-32)13-11-21-7-4-5-12-26(21,34)22-9-10-25(24(28)18-22)35-19-20-6-2-3-8-23(20)27(29,30)31;;/h2-3,6,8-10,18,21,34H,4-5,7,11-17,19H2,1H3;2*1H. The minimum absolute atomic E-state index is 0. The van der Waals surface area contributed by atoms with Crippen LogP contribution in [0.15, 0.2) is 42.5 Å². The van der Waals surface area contributed by atoms with Gasteiger partial charge in [0.2, 0.25) is 0 Å². The van der Waals surface area contributed by atoms with E-state index in [1.165, 1.54) is 12.1 Å². The topological polar surface area (TPSA) is 35.9 Å². The van der Waals surface area contributed by atoms with Gasteiger partial charge in [-0.15, -0.1) is 24.8 Å². The lowest BCUT2D eigenvalue weighted by atomic mass is 9.70. The zero-order valence-electron chi connectivity index (χ0n) is 21.0. The average molecular weight is 584 g/mol. The minimum atomic E-state index is -4.45. The molecular weight excluding hydrogens is 548 g/mol. The third kappa shape index (κ3) is 7.90. The molecular formula is C27H36Cl3F3N2O2. The van der Waals surface area contributed by atoms with Crippen molar-refractivity contribution in [3.63, 3.8) is 0 Å². The van der Waals surface area contributed by atoms with E-state index < -0.39 is 17.3 Å². The second-order valence-electron chi connectivity index (χ2n) is 9.89. The first kappa shape index (κ1) is 32.0. The van der Waals surface area contributed by atoms with Gasteiger partial charge in [0, 0.05) is 31.7 Å². The first-order valence-corrected chi connectivity index (χ1v) is 12.8. The first-order valence-electron chi connectivity index (χ1n) is 12.4. The Morgan fingerprint density at radius 1 is 1.05 bits per heavy atom. The molecule has 1 aliphatic carbocycles. The molecule has 37 heavy (non-hydrogen) atoms. The summed E-state index contributed by atoms with van der Waals surface area (Å²) in [6.45, 7) is 4.97. The monoisotopic (exact) mass is 582 g/mol. The van der Waals surface area contributed by atoms with Crippen molar-refractivity contribution >= 4 is 36.4 Å². The van der Waals surface area contributed by atoms with Crippen molar-refractivity contribution in [3.05, 3.63) is 64.2 Å². The van der Waals surface area contributed by atoms with Crippen LogP contribution in [0.4, 0.5) is 13.2 Å². The molecule has 1 heterocycles. The van der Waals surface area contributed by atoms with Crippen LogP contribution in [0.1, 0.15) is 48.8 Å². The third-order valence-corrected chi connectivity index (χ3v) is 7.86. The average Bonchev–Trinajstić information content (AvgIpc) is 2.83. The second-order valence-corrected chi connectivity index (χ2v) is 10.3. The fraction of sp³-hybridized carbons (Fsp3) is 0.556. The van der Waals surface area contributed by atoms with Crippen LogP contribution < -0.4 is 4.74 Å². The molecule has 2 aliphatic rings. The number of hydrogen-bond acceptors (Lipinski definition) is 4. The normalized spacial score (nSPS) is 23.1.